The smallest absolute Gasteiger partial charge is 0.251 e. The van der Waals surface area contributed by atoms with Crippen LogP contribution in [0.1, 0.15) is 53.8 Å². The SMILES string of the molecule is CCc1ccc(C(=O)NCCc2nnc3n2CCCCC3)cc1. The molecule has 2 aromatic rings. The van der Waals surface area contributed by atoms with Crippen molar-refractivity contribution >= 4 is 5.91 Å². The molecule has 3 rings (SSSR count). The molecule has 0 atom stereocenters. The van der Waals surface area contributed by atoms with E-state index in [1.54, 1.807) is 0 Å². The highest BCUT2D eigenvalue weighted by atomic mass is 16.1. The fraction of sp³-hybridized carbons (Fsp3) is 0.500. The molecule has 122 valence electrons. The summed E-state index contributed by atoms with van der Waals surface area (Å²) in [4.78, 5) is 12.2. The van der Waals surface area contributed by atoms with Crippen LogP contribution in [0.2, 0.25) is 0 Å². The van der Waals surface area contributed by atoms with E-state index >= 15 is 0 Å². The van der Waals surface area contributed by atoms with E-state index in [-0.39, 0.29) is 5.91 Å². The molecule has 0 saturated heterocycles. The fourth-order valence-electron chi connectivity index (χ4n) is 3.01. The van der Waals surface area contributed by atoms with Crippen molar-refractivity contribution in [3.8, 4) is 0 Å². The van der Waals surface area contributed by atoms with E-state index in [1.165, 1.54) is 24.8 Å². The minimum Gasteiger partial charge on any atom is -0.352 e. The second-order valence-electron chi connectivity index (χ2n) is 6.05. The van der Waals surface area contributed by atoms with Gasteiger partial charge in [0.05, 0.1) is 0 Å². The standard InChI is InChI=1S/C18H24N4O/c1-2-14-7-9-15(10-8-14)18(23)19-12-11-17-21-20-16-6-4-3-5-13-22(16)17/h7-10H,2-6,11-13H2,1H3,(H,19,23). The number of carbonyl (C=O) groups excluding carboxylic acids is 1. The second-order valence-corrected chi connectivity index (χ2v) is 6.05. The van der Waals surface area contributed by atoms with Crippen LogP contribution in [0.3, 0.4) is 0 Å². The Morgan fingerprint density at radius 2 is 2.00 bits per heavy atom. The highest BCUT2D eigenvalue weighted by Gasteiger charge is 2.14. The zero-order chi connectivity index (χ0) is 16.1. The third-order valence-electron chi connectivity index (χ3n) is 4.44. The highest BCUT2D eigenvalue weighted by molar-refractivity contribution is 5.94. The first-order chi connectivity index (χ1) is 11.3. The molecule has 0 fully saturated rings. The van der Waals surface area contributed by atoms with E-state index in [9.17, 15) is 4.79 Å². The highest BCUT2D eigenvalue weighted by Crippen LogP contribution is 2.14. The van der Waals surface area contributed by atoms with E-state index in [0.717, 1.165) is 37.5 Å². The molecular formula is C18H24N4O. The molecule has 0 unspecified atom stereocenters. The number of amides is 1. The lowest BCUT2D eigenvalue weighted by molar-refractivity contribution is 0.0954. The van der Waals surface area contributed by atoms with Gasteiger partial charge in [0.2, 0.25) is 0 Å². The maximum absolute atomic E-state index is 12.2. The van der Waals surface area contributed by atoms with Gasteiger partial charge < -0.3 is 9.88 Å². The Morgan fingerprint density at radius 3 is 2.78 bits per heavy atom. The molecule has 1 aliphatic heterocycles. The Balaban J connectivity index is 1.54. The van der Waals surface area contributed by atoms with Gasteiger partial charge in [-0.05, 0) is 37.0 Å². The number of rotatable bonds is 5. The molecule has 0 radical (unpaired) electrons. The third kappa shape index (κ3) is 3.78. The predicted octanol–water partition coefficient (Wildman–Crippen LogP) is 2.54. The van der Waals surface area contributed by atoms with E-state index < -0.39 is 0 Å². The lowest BCUT2D eigenvalue weighted by Gasteiger charge is -2.08. The summed E-state index contributed by atoms with van der Waals surface area (Å²) in [6, 6.07) is 7.79. The maximum atomic E-state index is 12.2. The molecule has 0 spiro atoms. The molecule has 5 nitrogen and oxygen atoms in total. The van der Waals surface area contributed by atoms with Crippen molar-refractivity contribution in [2.75, 3.05) is 6.54 Å². The largest absolute Gasteiger partial charge is 0.352 e. The number of aryl methyl sites for hydroxylation is 2. The summed E-state index contributed by atoms with van der Waals surface area (Å²) < 4.78 is 2.23. The van der Waals surface area contributed by atoms with Crippen LogP contribution >= 0.6 is 0 Å². The molecule has 1 amide bonds. The van der Waals surface area contributed by atoms with E-state index in [1.807, 2.05) is 24.3 Å². The van der Waals surface area contributed by atoms with Gasteiger partial charge in [-0.25, -0.2) is 0 Å². The zero-order valence-electron chi connectivity index (χ0n) is 13.7. The number of fused-ring (bicyclic) bond motifs is 1. The Labute approximate surface area is 137 Å². The quantitative estimate of drug-likeness (QED) is 0.923. The Kier molecular flexibility index (Phi) is 5.05. The molecular weight excluding hydrogens is 288 g/mol. The van der Waals surface area contributed by atoms with Gasteiger partial charge >= 0.3 is 0 Å². The van der Waals surface area contributed by atoms with E-state index in [2.05, 4.69) is 27.0 Å². The average molecular weight is 312 g/mol. The fourth-order valence-corrected chi connectivity index (χ4v) is 3.01. The Bertz CT molecular complexity index is 660. The molecule has 0 saturated carbocycles. The molecule has 1 aliphatic rings. The normalized spacial score (nSPS) is 14.1. The van der Waals surface area contributed by atoms with Gasteiger partial charge in [-0.1, -0.05) is 25.5 Å². The molecule has 0 bridgehead atoms. The summed E-state index contributed by atoms with van der Waals surface area (Å²) in [5.74, 6) is 2.06. The lowest BCUT2D eigenvalue weighted by Crippen LogP contribution is -2.26. The summed E-state index contributed by atoms with van der Waals surface area (Å²) >= 11 is 0. The number of benzene rings is 1. The first-order valence-electron chi connectivity index (χ1n) is 8.56. The van der Waals surface area contributed by atoms with Crippen molar-refractivity contribution in [2.45, 2.75) is 52.0 Å². The van der Waals surface area contributed by atoms with Crippen LogP contribution in [0.15, 0.2) is 24.3 Å². The molecule has 5 heteroatoms. The van der Waals surface area contributed by atoms with Crippen LogP contribution in [0.4, 0.5) is 0 Å². The van der Waals surface area contributed by atoms with Gasteiger partial charge in [0.1, 0.15) is 11.6 Å². The lowest BCUT2D eigenvalue weighted by atomic mass is 10.1. The minimum absolute atomic E-state index is 0.0248. The summed E-state index contributed by atoms with van der Waals surface area (Å²) in [7, 11) is 0. The van der Waals surface area contributed by atoms with Gasteiger partial charge in [-0.2, -0.15) is 0 Å². The monoisotopic (exact) mass is 312 g/mol. The van der Waals surface area contributed by atoms with Crippen molar-refractivity contribution in [1.82, 2.24) is 20.1 Å². The number of carbonyl (C=O) groups is 1. The van der Waals surface area contributed by atoms with Crippen molar-refractivity contribution in [1.29, 1.82) is 0 Å². The van der Waals surface area contributed by atoms with Crippen LogP contribution in [0, 0.1) is 0 Å². The van der Waals surface area contributed by atoms with Crippen molar-refractivity contribution in [2.24, 2.45) is 0 Å². The number of nitrogens with zero attached hydrogens (tertiary/aromatic N) is 3. The Hall–Kier alpha value is -2.17. The zero-order valence-corrected chi connectivity index (χ0v) is 13.7. The van der Waals surface area contributed by atoms with Crippen molar-refractivity contribution in [3.05, 3.63) is 47.0 Å². The van der Waals surface area contributed by atoms with Gasteiger partial charge in [0.25, 0.3) is 5.91 Å². The first kappa shape index (κ1) is 15.7. The summed E-state index contributed by atoms with van der Waals surface area (Å²) in [5, 5.41) is 11.6. The molecule has 23 heavy (non-hydrogen) atoms. The third-order valence-corrected chi connectivity index (χ3v) is 4.44. The molecule has 0 aliphatic carbocycles. The van der Waals surface area contributed by atoms with Gasteiger partial charge in [-0.3, -0.25) is 4.79 Å². The average Bonchev–Trinajstić information content (AvgIpc) is 2.82. The number of hydrogen-bond donors (Lipinski definition) is 1. The number of aromatic nitrogens is 3. The van der Waals surface area contributed by atoms with Crippen LogP contribution in [-0.4, -0.2) is 27.2 Å². The Morgan fingerprint density at radius 1 is 1.17 bits per heavy atom. The van der Waals surface area contributed by atoms with Crippen LogP contribution in [-0.2, 0) is 25.8 Å². The summed E-state index contributed by atoms with van der Waals surface area (Å²) in [6.07, 6.45) is 6.37. The summed E-state index contributed by atoms with van der Waals surface area (Å²) in [5.41, 5.74) is 1.95. The predicted molar refractivity (Wildman–Crippen MR) is 89.4 cm³/mol. The molecule has 1 aromatic heterocycles. The molecule has 2 heterocycles. The second kappa shape index (κ2) is 7.40. The van der Waals surface area contributed by atoms with Gasteiger partial charge in [0, 0.05) is 31.5 Å². The van der Waals surface area contributed by atoms with Crippen LogP contribution in [0.5, 0.6) is 0 Å². The number of hydrogen-bond acceptors (Lipinski definition) is 3. The minimum atomic E-state index is -0.0248. The van der Waals surface area contributed by atoms with E-state index in [4.69, 9.17) is 0 Å². The first-order valence-corrected chi connectivity index (χ1v) is 8.56. The number of nitrogens with one attached hydrogen (secondary N) is 1. The van der Waals surface area contributed by atoms with E-state index in [0.29, 0.717) is 12.1 Å². The molecule has 1 N–H and O–H groups in total. The van der Waals surface area contributed by atoms with Gasteiger partial charge in [-0.15, -0.1) is 10.2 Å². The summed E-state index contributed by atoms with van der Waals surface area (Å²) in [6.45, 7) is 3.70. The van der Waals surface area contributed by atoms with Gasteiger partial charge in [0.15, 0.2) is 0 Å². The molecule has 1 aromatic carbocycles. The maximum Gasteiger partial charge on any atom is 0.251 e. The van der Waals surface area contributed by atoms with Crippen molar-refractivity contribution < 1.29 is 4.79 Å². The van der Waals surface area contributed by atoms with Crippen LogP contribution in [0.25, 0.3) is 0 Å². The topological polar surface area (TPSA) is 59.8 Å². The van der Waals surface area contributed by atoms with Crippen molar-refractivity contribution in [3.63, 3.8) is 0 Å². The van der Waals surface area contributed by atoms with Crippen LogP contribution < -0.4 is 5.32 Å².